The molecule has 164 valence electrons. The lowest BCUT2D eigenvalue weighted by molar-refractivity contribution is -0.130. The summed E-state index contributed by atoms with van der Waals surface area (Å²) in [5.74, 6) is 0.00560. The maximum absolute atomic E-state index is 12.5. The summed E-state index contributed by atoms with van der Waals surface area (Å²) in [5, 5.41) is 17.2. The van der Waals surface area contributed by atoms with Crippen LogP contribution in [0, 0.1) is 0 Å². The van der Waals surface area contributed by atoms with Crippen LogP contribution in [-0.4, -0.2) is 64.0 Å². The van der Waals surface area contributed by atoms with E-state index in [9.17, 15) is 19.5 Å². The van der Waals surface area contributed by atoms with Crippen LogP contribution in [0.1, 0.15) is 48.3 Å². The molecule has 1 atom stereocenters. The van der Waals surface area contributed by atoms with Gasteiger partial charge >= 0.3 is 0 Å². The van der Waals surface area contributed by atoms with Crippen LogP contribution in [0.5, 0.6) is 0 Å². The van der Waals surface area contributed by atoms with Gasteiger partial charge in [-0.3, -0.25) is 14.4 Å². The molecule has 1 aromatic carbocycles. The van der Waals surface area contributed by atoms with Gasteiger partial charge in [0.25, 0.3) is 11.8 Å². The van der Waals surface area contributed by atoms with Crippen LogP contribution in [0.3, 0.4) is 0 Å². The summed E-state index contributed by atoms with van der Waals surface area (Å²) in [7, 11) is 0. The van der Waals surface area contributed by atoms with Crippen molar-refractivity contribution in [3.8, 4) is 0 Å². The first kappa shape index (κ1) is 21.0. The zero-order chi connectivity index (χ0) is 22.0. The third-order valence-corrected chi connectivity index (χ3v) is 5.70. The quantitative estimate of drug-likeness (QED) is 0.691. The first-order valence-corrected chi connectivity index (χ1v) is 10.4. The number of anilines is 1. The number of hydrogen-bond acceptors (Lipinski definition) is 7. The first-order chi connectivity index (χ1) is 14.9. The van der Waals surface area contributed by atoms with Gasteiger partial charge in [-0.05, 0) is 30.7 Å². The summed E-state index contributed by atoms with van der Waals surface area (Å²) in [6, 6.07) is 6.73. The van der Waals surface area contributed by atoms with E-state index in [1.165, 1.54) is 4.90 Å². The molecule has 2 fully saturated rings. The molecule has 2 saturated heterocycles. The Morgan fingerprint density at radius 3 is 2.68 bits per heavy atom. The number of carbonyl (C=O) groups excluding carboxylic acids is 3. The molecule has 10 nitrogen and oxygen atoms in total. The number of rotatable bonds is 6. The fourth-order valence-corrected chi connectivity index (χ4v) is 3.85. The Morgan fingerprint density at radius 2 is 2.03 bits per heavy atom. The molecule has 2 N–H and O–H groups in total. The number of hydrogen-bond donors (Lipinski definition) is 2. The summed E-state index contributed by atoms with van der Waals surface area (Å²) >= 11 is 0. The molecule has 1 aromatic heterocycles. The Hall–Kier alpha value is -3.27. The topological polar surface area (TPSA) is 129 Å². The molecule has 3 amide bonds. The monoisotopic (exact) mass is 427 g/mol. The van der Waals surface area contributed by atoms with Gasteiger partial charge in [-0.25, -0.2) is 0 Å². The zero-order valence-corrected chi connectivity index (χ0v) is 17.3. The van der Waals surface area contributed by atoms with Gasteiger partial charge in [0, 0.05) is 43.6 Å². The highest BCUT2D eigenvalue weighted by Gasteiger charge is 2.44. The molecule has 31 heavy (non-hydrogen) atoms. The van der Waals surface area contributed by atoms with Crippen LogP contribution >= 0.6 is 0 Å². The Morgan fingerprint density at radius 1 is 1.26 bits per heavy atom. The van der Waals surface area contributed by atoms with Gasteiger partial charge in [0.05, 0.1) is 13.1 Å². The minimum absolute atomic E-state index is 0.0333. The maximum Gasteiger partial charge on any atom is 0.260 e. The van der Waals surface area contributed by atoms with Crippen molar-refractivity contribution < 1.29 is 24.0 Å². The zero-order valence-electron chi connectivity index (χ0n) is 17.3. The molecule has 2 aliphatic heterocycles. The molecule has 0 aliphatic carbocycles. The average Bonchev–Trinajstić information content (AvgIpc) is 3.52. The average molecular weight is 427 g/mol. The van der Waals surface area contributed by atoms with Gasteiger partial charge in [-0.1, -0.05) is 12.1 Å². The number of amides is 3. The van der Waals surface area contributed by atoms with E-state index in [4.69, 9.17) is 4.52 Å². The number of nitrogens with one attached hydrogen (secondary N) is 1. The van der Waals surface area contributed by atoms with Crippen LogP contribution in [0.15, 0.2) is 28.8 Å². The predicted molar refractivity (Wildman–Crippen MR) is 109 cm³/mol. The number of aromatic nitrogens is 2. The Kier molecular flexibility index (Phi) is 5.73. The summed E-state index contributed by atoms with van der Waals surface area (Å²) in [4.78, 5) is 44.1. The highest BCUT2D eigenvalue weighted by molar-refractivity contribution is 5.98. The van der Waals surface area contributed by atoms with Crippen LogP contribution in [0.4, 0.5) is 5.69 Å². The molecule has 0 radical (unpaired) electrons. The number of aryl methyl sites for hydroxylation is 1. The number of benzene rings is 1. The molecule has 2 aliphatic rings. The Bertz CT molecular complexity index is 988. The van der Waals surface area contributed by atoms with E-state index in [-0.39, 0.29) is 43.1 Å². The van der Waals surface area contributed by atoms with Gasteiger partial charge in [-0.2, -0.15) is 4.98 Å². The second-order valence-electron chi connectivity index (χ2n) is 7.84. The fraction of sp³-hybridized carbons (Fsp3) is 0.476. The number of likely N-dealkylation sites (tertiary alicyclic amines) is 1. The minimum atomic E-state index is -1.37. The van der Waals surface area contributed by atoms with Gasteiger partial charge in [-0.15, -0.1) is 0 Å². The van der Waals surface area contributed by atoms with Crippen LogP contribution in [-0.2, 0) is 21.6 Å². The van der Waals surface area contributed by atoms with Gasteiger partial charge in [0.15, 0.2) is 11.4 Å². The third kappa shape index (κ3) is 4.29. The second-order valence-corrected chi connectivity index (χ2v) is 7.84. The molecule has 4 rings (SSSR count). The largest absolute Gasteiger partial charge is 0.378 e. The van der Waals surface area contributed by atoms with E-state index in [1.807, 2.05) is 6.92 Å². The van der Waals surface area contributed by atoms with Gasteiger partial charge in [0.1, 0.15) is 0 Å². The van der Waals surface area contributed by atoms with Gasteiger partial charge in [0.2, 0.25) is 11.8 Å². The standard InChI is InChI=1S/C21H25N5O5/c1-2-16-23-20(31-24-16)21(30)9-11-25(13-21)18(28)12-22-19(29)14-5-7-15(8-6-14)26-10-3-4-17(26)27/h5-8,30H,2-4,9-13H2,1H3,(H,22,29). The number of aliphatic hydroxyl groups is 1. The Labute approximate surface area is 179 Å². The van der Waals surface area contributed by atoms with E-state index < -0.39 is 5.60 Å². The van der Waals surface area contributed by atoms with E-state index >= 15 is 0 Å². The lowest BCUT2D eigenvalue weighted by Crippen LogP contribution is -2.41. The summed E-state index contributed by atoms with van der Waals surface area (Å²) < 4.78 is 5.14. The predicted octanol–water partition coefficient (Wildman–Crippen LogP) is 0.609. The minimum Gasteiger partial charge on any atom is -0.378 e. The molecule has 0 saturated carbocycles. The van der Waals surface area contributed by atoms with Crippen molar-refractivity contribution in [2.24, 2.45) is 0 Å². The van der Waals surface area contributed by atoms with E-state index in [0.717, 1.165) is 12.1 Å². The normalized spacial score (nSPS) is 21.0. The van der Waals surface area contributed by atoms with Crippen molar-refractivity contribution in [2.45, 2.75) is 38.2 Å². The fourth-order valence-electron chi connectivity index (χ4n) is 3.85. The van der Waals surface area contributed by atoms with Crippen molar-refractivity contribution in [3.63, 3.8) is 0 Å². The van der Waals surface area contributed by atoms with Crippen LogP contribution < -0.4 is 10.2 Å². The highest BCUT2D eigenvalue weighted by Crippen LogP contribution is 2.30. The lowest BCUT2D eigenvalue weighted by atomic mass is 10.0. The molecule has 3 heterocycles. The molecule has 1 unspecified atom stereocenters. The van der Waals surface area contributed by atoms with Crippen molar-refractivity contribution in [3.05, 3.63) is 41.5 Å². The van der Waals surface area contributed by atoms with Crippen LogP contribution in [0.2, 0.25) is 0 Å². The van der Waals surface area contributed by atoms with Crippen molar-refractivity contribution in [2.75, 3.05) is 31.1 Å². The number of carbonyl (C=O) groups is 3. The second kappa shape index (κ2) is 8.46. The molecular weight excluding hydrogens is 402 g/mol. The molecule has 0 bridgehead atoms. The molecule has 2 aromatic rings. The SMILES string of the molecule is CCc1noc(C2(O)CCN(C(=O)CNC(=O)c3ccc(N4CCCC4=O)cc3)C2)n1. The summed E-state index contributed by atoms with van der Waals surface area (Å²) in [5.41, 5.74) is -0.207. The lowest BCUT2D eigenvalue weighted by Gasteiger charge is -2.20. The van der Waals surface area contributed by atoms with Crippen molar-refractivity contribution in [1.29, 1.82) is 0 Å². The number of β-amino-alcohol motifs (C(OH)–C–C–N with tert-alkyl or cyclic N) is 1. The summed E-state index contributed by atoms with van der Waals surface area (Å²) in [6.45, 7) is 2.74. The van der Waals surface area contributed by atoms with E-state index in [1.54, 1.807) is 29.2 Å². The van der Waals surface area contributed by atoms with Gasteiger partial charge < -0.3 is 24.7 Å². The highest BCUT2D eigenvalue weighted by atomic mass is 16.5. The first-order valence-electron chi connectivity index (χ1n) is 10.4. The number of nitrogens with zero attached hydrogens (tertiary/aromatic N) is 4. The third-order valence-electron chi connectivity index (χ3n) is 5.70. The molecular formula is C21H25N5O5. The maximum atomic E-state index is 12.5. The van der Waals surface area contributed by atoms with Crippen LogP contribution in [0.25, 0.3) is 0 Å². The Balaban J connectivity index is 1.30. The van der Waals surface area contributed by atoms with Crippen molar-refractivity contribution >= 4 is 23.4 Å². The van der Waals surface area contributed by atoms with E-state index in [2.05, 4.69) is 15.5 Å². The summed E-state index contributed by atoms with van der Waals surface area (Å²) in [6.07, 6.45) is 2.25. The van der Waals surface area contributed by atoms with E-state index in [0.29, 0.717) is 37.3 Å². The van der Waals surface area contributed by atoms with Crippen molar-refractivity contribution in [1.82, 2.24) is 20.4 Å². The molecule has 0 spiro atoms. The smallest absolute Gasteiger partial charge is 0.260 e. The molecule has 10 heteroatoms.